The van der Waals surface area contributed by atoms with Crippen LogP contribution in [0.2, 0.25) is 0 Å². The van der Waals surface area contributed by atoms with Crippen LogP contribution in [0.4, 0.5) is 11.6 Å². The molecule has 0 saturated heterocycles. The molecule has 0 saturated carbocycles. The van der Waals surface area contributed by atoms with E-state index in [2.05, 4.69) is 25.8 Å². The number of rotatable bonds is 7. The van der Waals surface area contributed by atoms with Gasteiger partial charge in [0, 0.05) is 25.4 Å². The Bertz CT molecular complexity index is 791. The number of carbonyl (C=O) groups excluding carboxylic acids is 1. The maximum Gasteiger partial charge on any atom is 0.225 e. The number of aryl methyl sites for hydroxylation is 1. The van der Waals surface area contributed by atoms with E-state index >= 15 is 0 Å². The second kappa shape index (κ2) is 8.54. The molecule has 2 heterocycles. The number of carbonyl (C=O) groups is 1. The predicted octanol–water partition coefficient (Wildman–Crippen LogP) is 3.06. The Kier molecular flexibility index (Phi) is 5.66. The van der Waals surface area contributed by atoms with E-state index in [0.717, 1.165) is 11.1 Å². The molecule has 0 aliphatic rings. The van der Waals surface area contributed by atoms with E-state index in [1.54, 1.807) is 24.5 Å². The first-order chi connectivity index (χ1) is 12.3. The molecule has 126 valence electrons. The van der Waals surface area contributed by atoms with Gasteiger partial charge in [0.25, 0.3) is 0 Å². The summed E-state index contributed by atoms with van der Waals surface area (Å²) < 4.78 is 0. The van der Waals surface area contributed by atoms with Crippen LogP contribution in [0.15, 0.2) is 67.0 Å². The van der Waals surface area contributed by atoms with Crippen molar-refractivity contribution in [1.82, 2.24) is 15.2 Å². The minimum atomic E-state index is -0.0748. The van der Waals surface area contributed by atoms with Gasteiger partial charge in [0.2, 0.25) is 5.91 Å². The molecule has 6 heteroatoms. The lowest BCUT2D eigenvalue weighted by Gasteiger charge is -2.07. The van der Waals surface area contributed by atoms with Gasteiger partial charge < -0.3 is 10.6 Å². The van der Waals surface area contributed by atoms with Crippen LogP contribution in [0, 0.1) is 0 Å². The van der Waals surface area contributed by atoms with Crippen molar-refractivity contribution in [2.24, 2.45) is 0 Å². The lowest BCUT2D eigenvalue weighted by atomic mass is 10.1. The van der Waals surface area contributed by atoms with Crippen LogP contribution < -0.4 is 10.6 Å². The van der Waals surface area contributed by atoms with E-state index in [1.807, 2.05) is 42.5 Å². The fourth-order valence-corrected chi connectivity index (χ4v) is 2.30. The minimum Gasteiger partial charge on any atom is -0.364 e. The molecule has 0 atom stereocenters. The summed E-state index contributed by atoms with van der Waals surface area (Å²) in [7, 11) is 0. The van der Waals surface area contributed by atoms with Crippen molar-refractivity contribution in [2.45, 2.75) is 19.4 Å². The average molecular weight is 333 g/mol. The minimum absolute atomic E-state index is 0.0748. The van der Waals surface area contributed by atoms with Gasteiger partial charge in [-0.2, -0.15) is 0 Å². The summed E-state index contributed by atoms with van der Waals surface area (Å²) in [5, 5.41) is 14.0. The SMILES string of the molecule is O=C(CCc1ccccc1)Nc1ccc(NCc2cccnc2)nn1. The number of aromatic nitrogens is 3. The lowest BCUT2D eigenvalue weighted by molar-refractivity contribution is -0.116. The number of nitrogens with zero attached hydrogens (tertiary/aromatic N) is 3. The van der Waals surface area contributed by atoms with E-state index in [9.17, 15) is 4.79 Å². The van der Waals surface area contributed by atoms with Crippen LogP contribution in [0.25, 0.3) is 0 Å². The molecule has 0 aliphatic carbocycles. The third-order valence-corrected chi connectivity index (χ3v) is 3.61. The highest BCUT2D eigenvalue weighted by molar-refractivity contribution is 5.89. The predicted molar refractivity (Wildman–Crippen MR) is 97.0 cm³/mol. The number of anilines is 2. The smallest absolute Gasteiger partial charge is 0.225 e. The van der Waals surface area contributed by atoms with Gasteiger partial charge in [-0.15, -0.1) is 10.2 Å². The molecule has 0 bridgehead atoms. The van der Waals surface area contributed by atoms with Crippen molar-refractivity contribution < 1.29 is 4.79 Å². The normalized spacial score (nSPS) is 10.2. The second-order valence-corrected chi connectivity index (χ2v) is 5.55. The summed E-state index contributed by atoms with van der Waals surface area (Å²) >= 11 is 0. The highest BCUT2D eigenvalue weighted by Crippen LogP contribution is 2.09. The Hall–Kier alpha value is -3.28. The molecule has 6 nitrogen and oxygen atoms in total. The zero-order chi connectivity index (χ0) is 17.3. The van der Waals surface area contributed by atoms with E-state index in [0.29, 0.717) is 31.0 Å². The van der Waals surface area contributed by atoms with Crippen molar-refractivity contribution in [3.63, 3.8) is 0 Å². The van der Waals surface area contributed by atoms with Gasteiger partial charge in [-0.3, -0.25) is 9.78 Å². The Morgan fingerprint density at radius 1 is 0.880 bits per heavy atom. The molecule has 3 aromatic rings. The quantitative estimate of drug-likeness (QED) is 0.695. The molecule has 0 unspecified atom stereocenters. The molecule has 1 amide bonds. The largest absolute Gasteiger partial charge is 0.364 e. The fraction of sp³-hybridized carbons (Fsp3) is 0.158. The number of nitrogens with one attached hydrogen (secondary N) is 2. The van der Waals surface area contributed by atoms with Crippen molar-refractivity contribution in [3.05, 3.63) is 78.1 Å². The Morgan fingerprint density at radius 2 is 1.64 bits per heavy atom. The number of benzene rings is 1. The summed E-state index contributed by atoms with van der Waals surface area (Å²) in [6.45, 7) is 0.616. The molecule has 2 N–H and O–H groups in total. The van der Waals surface area contributed by atoms with Crippen molar-refractivity contribution >= 4 is 17.5 Å². The average Bonchev–Trinajstić information content (AvgIpc) is 2.67. The Morgan fingerprint density at radius 3 is 2.36 bits per heavy atom. The summed E-state index contributed by atoms with van der Waals surface area (Å²) in [6, 6.07) is 17.3. The van der Waals surface area contributed by atoms with Crippen LogP contribution in [-0.4, -0.2) is 21.1 Å². The van der Waals surface area contributed by atoms with Gasteiger partial charge >= 0.3 is 0 Å². The van der Waals surface area contributed by atoms with E-state index in [4.69, 9.17) is 0 Å². The van der Waals surface area contributed by atoms with Crippen molar-refractivity contribution in [2.75, 3.05) is 10.6 Å². The summed E-state index contributed by atoms with van der Waals surface area (Å²) in [6.07, 6.45) is 4.64. The standard InChI is InChI=1S/C19H19N5O/c25-19(11-8-15-5-2-1-3-6-15)22-18-10-9-17(23-24-18)21-14-16-7-4-12-20-13-16/h1-7,9-10,12-13H,8,11,14H2,(H,21,23)(H,22,24,25). The summed E-state index contributed by atoms with van der Waals surface area (Å²) in [5.41, 5.74) is 2.20. The lowest BCUT2D eigenvalue weighted by Crippen LogP contribution is -2.14. The summed E-state index contributed by atoms with van der Waals surface area (Å²) in [5.74, 6) is 1.02. The molecule has 25 heavy (non-hydrogen) atoms. The van der Waals surface area contributed by atoms with Gasteiger partial charge in [0.15, 0.2) is 5.82 Å². The molecule has 3 rings (SSSR count). The van der Waals surface area contributed by atoms with E-state index in [1.165, 1.54) is 0 Å². The van der Waals surface area contributed by atoms with Crippen LogP contribution >= 0.6 is 0 Å². The number of pyridine rings is 1. The Balaban J connectivity index is 1.46. The first kappa shape index (κ1) is 16.6. The highest BCUT2D eigenvalue weighted by Gasteiger charge is 2.05. The van der Waals surface area contributed by atoms with Crippen LogP contribution in [0.1, 0.15) is 17.5 Å². The van der Waals surface area contributed by atoms with Crippen molar-refractivity contribution in [3.8, 4) is 0 Å². The maximum absolute atomic E-state index is 12.0. The van der Waals surface area contributed by atoms with Crippen LogP contribution in [0.5, 0.6) is 0 Å². The monoisotopic (exact) mass is 333 g/mol. The highest BCUT2D eigenvalue weighted by atomic mass is 16.1. The van der Waals surface area contributed by atoms with Gasteiger partial charge in [0.05, 0.1) is 0 Å². The number of amides is 1. The third kappa shape index (κ3) is 5.39. The summed E-state index contributed by atoms with van der Waals surface area (Å²) in [4.78, 5) is 16.0. The molecule has 0 aliphatic heterocycles. The van der Waals surface area contributed by atoms with Crippen molar-refractivity contribution in [1.29, 1.82) is 0 Å². The number of hydrogen-bond acceptors (Lipinski definition) is 5. The van der Waals surface area contributed by atoms with E-state index in [-0.39, 0.29) is 5.91 Å². The topological polar surface area (TPSA) is 79.8 Å². The van der Waals surface area contributed by atoms with Crippen LogP contribution in [0.3, 0.4) is 0 Å². The Labute approximate surface area is 146 Å². The zero-order valence-corrected chi connectivity index (χ0v) is 13.7. The maximum atomic E-state index is 12.0. The molecule has 0 fully saturated rings. The molecular weight excluding hydrogens is 314 g/mol. The van der Waals surface area contributed by atoms with Gasteiger partial charge in [-0.25, -0.2) is 0 Å². The fourth-order valence-electron chi connectivity index (χ4n) is 2.30. The number of hydrogen-bond donors (Lipinski definition) is 2. The van der Waals surface area contributed by atoms with E-state index < -0.39 is 0 Å². The molecule has 0 radical (unpaired) electrons. The van der Waals surface area contributed by atoms with Gasteiger partial charge in [-0.1, -0.05) is 36.4 Å². The zero-order valence-electron chi connectivity index (χ0n) is 13.7. The third-order valence-electron chi connectivity index (χ3n) is 3.61. The van der Waals surface area contributed by atoms with Gasteiger partial charge in [-0.05, 0) is 35.7 Å². The molecule has 0 spiro atoms. The van der Waals surface area contributed by atoms with Gasteiger partial charge in [0.1, 0.15) is 5.82 Å². The second-order valence-electron chi connectivity index (χ2n) is 5.55. The molecule has 2 aromatic heterocycles. The first-order valence-corrected chi connectivity index (χ1v) is 8.10. The first-order valence-electron chi connectivity index (χ1n) is 8.10. The van der Waals surface area contributed by atoms with Crippen LogP contribution in [-0.2, 0) is 17.8 Å². The molecular formula is C19H19N5O. The molecule has 1 aromatic carbocycles.